The molecule has 2 aliphatic carbocycles. The fourth-order valence-corrected chi connectivity index (χ4v) is 4.67. The van der Waals surface area contributed by atoms with E-state index in [4.69, 9.17) is 0 Å². The van der Waals surface area contributed by atoms with Crippen LogP contribution in [0.3, 0.4) is 0 Å². The van der Waals surface area contributed by atoms with Crippen molar-refractivity contribution in [2.45, 2.75) is 26.3 Å². The molecular formula is C20H28N6O2. The Bertz CT molecular complexity index is 742. The van der Waals surface area contributed by atoms with Gasteiger partial charge in [0, 0.05) is 45.1 Å². The number of aliphatic imine (C=N–C) groups is 1. The second kappa shape index (κ2) is 8.16. The number of carbonyl (C=O) groups is 2. The van der Waals surface area contributed by atoms with E-state index >= 15 is 0 Å². The fraction of sp³-hybridized carbons (Fsp3) is 0.600. The maximum atomic E-state index is 12.7. The summed E-state index contributed by atoms with van der Waals surface area (Å²) in [7, 11) is 0. The number of hydrogen-bond donors (Lipinski definition) is 2. The zero-order chi connectivity index (χ0) is 19.5. The molecule has 3 aliphatic rings. The first-order valence-corrected chi connectivity index (χ1v) is 10.2. The van der Waals surface area contributed by atoms with Gasteiger partial charge < -0.3 is 10.6 Å². The van der Waals surface area contributed by atoms with Crippen molar-refractivity contribution in [1.29, 1.82) is 0 Å². The maximum Gasteiger partial charge on any atom is 0.233 e. The van der Waals surface area contributed by atoms with Crippen LogP contribution in [0, 0.1) is 23.7 Å². The lowest BCUT2D eigenvalue weighted by Gasteiger charge is -2.18. The molecule has 4 unspecified atom stereocenters. The molecule has 150 valence electrons. The molecule has 8 nitrogen and oxygen atoms in total. The summed E-state index contributed by atoms with van der Waals surface area (Å²) in [6.07, 6.45) is 9.81. The lowest BCUT2D eigenvalue weighted by molar-refractivity contribution is -0.140. The Morgan fingerprint density at radius 3 is 2.57 bits per heavy atom. The van der Waals surface area contributed by atoms with E-state index in [1.165, 1.54) is 4.90 Å². The number of nitrogens with zero attached hydrogens (tertiary/aromatic N) is 4. The minimum Gasteiger partial charge on any atom is -0.357 e. The highest BCUT2D eigenvalue weighted by molar-refractivity contribution is 6.06. The zero-order valence-corrected chi connectivity index (χ0v) is 16.3. The average Bonchev–Trinajstić information content (AvgIpc) is 3.46. The standard InChI is InChI=1S/C20H28N6O2/c1-2-21-20(22-7-3-10-25-11-4-8-24-25)23-9-12-26-18(27)16-14-5-6-15(13-14)17(16)19(26)28/h4-6,8,11,14-17H,2-3,7,9-10,12-13H2,1H3,(H2,21,22,23). The summed E-state index contributed by atoms with van der Waals surface area (Å²) >= 11 is 0. The Kier molecular flexibility index (Phi) is 5.45. The predicted octanol–water partition coefficient (Wildman–Crippen LogP) is 0.635. The number of aromatic nitrogens is 2. The van der Waals surface area contributed by atoms with Gasteiger partial charge in [0.25, 0.3) is 0 Å². The number of imide groups is 1. The summed E-state index contributed by atoms with van der Waals surface area (Å²) in [6, 6.07) is 1.91. The maximum absolute atomic E-state index is 12.7. The van der Waals surface area contributed by atoms with Crippen molar-refractivity contribution in [3.05, 3.63) is 30.6 Å². The molecular weight excluding hydrogens is 356 g/mol. The van der Waals surface area contributed by atoms with Gasteiger partial charge in [0.05, 0.1) is 11.8 Å². The van der Waals surface area contributed by atoms with Crippen molar-refractivity contribution in [3.8, 4) is 0 Å². The normalized spacial score (nSPS) is 28.3. The number of rotatable bonds is 8. The van der Waals surface area contributed by atoms with Gasteiger partial charge in [-0.05, 0) is 37.7 Å². The van der Waals surface area contributed by atoms with Crippen molar-refractivity contribution < 1.29 is 9.59 Å². The first kappa shape index (κ1) is 18.7. The van der Waals surface area contributed by atoms with E-state index < -0.39 is 0 Å². The molecule has 1 aromatic rings. The number of aryl methyl sites for hydroxylation is 1. The highest BCUT2D eigenvalue weighted by Crippen LogP contribution is 2.52. The lowest BCUT2D eigenvalue weighted by atomic mass is 9.85. The van der Waals surface area contributed by atoms with E-state index in [2.05, 4.69) is 32.9 Å². The van der Waals surface area contributed by atoms with Crippen LogP contribution < -0.4 is 10.6 Å². The third-order valence-corrected chi connectivity index (χ3v) is 5.91. The second-order valence-corrected chi connectivity index (χ2v) is 7.64. The summed E-state index contributed by atoms with van der Waals surface area (Å²) < 4.78 is 1.89. The van der Waals surface area contributed by atoms with Gasteiger partial charge in [0.15, 0.2) is 5.96 Å². The number of guanidine groups is 1. The van der Waals surface area contributed by atoms with E-state index in [0.717, 1.165) is 25.9 Å². The molecule has 0 radical (unpaired) electrons. The van der Waals surface area contributed by atoms with Crippen LogP contribution in [0.2, 0.25) is 0 Å². The molecule has 1 saturated carbocycles. The Morgan fingerprint density at radius 1 is 1.18 bits per heavy atom. The van der Waals surface area contributed by atoms with Gasteiger partial charge in [0.2, 0.25) is 11.8 Å². The van der Waals surface area contributed by atoms with Crippen molar-refractivity contribution in [1.82, 2.24) is 25.3 Å². The highest BCUT2D eigenvalue weighted by atomic mass is 16.2. The molecule has 28 heavy (non-hydrogen) atoms. The van der Waals surface area contributed by atoms with E-state index in [1.807, 2.05) is 23.9 Å². The molecule has 2 N–H and O–H groups in total. The Balaban J connectivity index is 1.25. The monoisotopic (exact) mass is 384 g/mol. The van der Waals surface area contributed by atoms with Crippen LogP contribution in [0.5, 0.6) is 0 Å². The van der Waals surface area contributed by atoms with E-state index in [1.54, 1.807) is 6.20 Å². The molecule has 0 spiro atoms. The largest absolute Gasteiger partial charge is 0.357 e. The minimum absolute atomic E-state index is 0.00909. The predicted molar refractivity (Wildman–Crippen MR) is 105 cm³/mol. The number of amides is 2. The number of hydrogen-bond acceptors (Lipinski definition) is 4. The summed E-state index contributed by atoms with van der Waals surface area (Å²) in [4.78, 5) is 31.4. The van der Waals surface area contributed by atoms with Crippen LogP contribution in [-0.2, 0) is 16.1 Å². The van der Waals surface area contributed by atoms with Crippen molar-refractivity contribution in [2.75, 3.05) is 26.2 Å². The molecule has 8 heteroatoms. The molecule has 1 aromatic heterocycles. The molecule has 2 fully saturated rings. The van der Waals surface area contributed by atoms with Crippen molar-refractivity contribution in [2.24, 2.45) is 28.7 Å². The van der Waals surface area contributed by atoms with Gasteiger partial charge in [-0.15, -0.1) is 0 Å². The lowest BCUT2D eigenvalue weighted by Crippen LogP contribution is -2.43. The van der Waals surface area contributed by atoms with Gasteiger partial charge in [-0.3, -0.25) is 24.2 Å². The van der Waals surface area contributed by atoms with Crippen LogP contribution >= 0.6 is 0 Å². The average molecular weight is 384 g/mol. The summed E-state index contributed by atoms with van der Waals surface area (Å²) in [5, 5.41) is 10.6. The topological polar surface area (TPSA) is 91.6 Å². The van der Waals surface area contributed by atoms with E-state index in [-0.39, 0.29) is 35.5 Å². The Hall–Kier alpha value is -2.64. The van der Waals surface area contributed by atoms with Crippen LogP contribution in [0.1, 0.15) is 19.8 Å². The third kappa shape index (κ3) is 3.55. The first-order valence-electron chi connectivity index (χ1n) is 10.2. The molecule has 2 bridgehead atoms. The molecule has 2 amide bonds. The molecule has 1 aliphatic heterocycles. The van der Waals surface area contributed by atoms with Gasteiger partial charge in [-0.25, -0.2) is 0 Å². The molecule has 2 heterocycles. The van der Waals surface area contributed by atoms with E-state index in [9.17, 15) is 9.59 Å². The van der Waals surface area contributed by atoms with Crippen LogP contribution in [-0.4, -0.2) is 58.6 Å². The number of carbonyl (C=O) groups excluding carboxylic acids is 2. The van der Waals surface area contributed by atoms with E-state index in [0.29, 0.717) is 25.6 Å². The number of fused-ring (bicyclic) bond motifs is 5. The summed E-state index contributed by atoms with van der Waals surface area (Å²) in [5.41, 5.74) is 0. The highest BCUT2D eigenvalue weighted by Gasteiger charge is 2.58. The van der Waals surface area contributed by atoms with Gasteiger partial charge >= 0.3 is 0 Å². The van der Waals surface area contributed by atoms with Crippen LogP contribution in [0.25, 0.3) is 0 Å². The van der Waals surface area contributed by atoms with Gasteiger partial charge in [-0.1, -0.05) is 12.2 Å². The molecule has 1 saturated heterocycles. The zero-order valence-electron chi connectivity index (χ0n) is 16.3. The summed E-state index contributed by atoms with van der Waals surface area (Å²) in [6.45, 7) is 5.17. The van der Waals surface area contributed by atoms with Crippen molar-refractivity contribution in [3.63, 3.8) is 0 Å². The summed E-state index contributed by atoms with van der Waals surface area (Å²) in [5.74, 6) is 1.02. The smallest absolute Gasteiger partial charge is 0.233 e. The number of likely N-dealkylation sites (tertiary alicyclic amines) is 1. The fourth-order valence-electron chi connectivity index (χ4n) is 4.67. The third-order valence-electron chi connectivity index (χ3n) is 5.91. The SMILES string of the molecule is CCNC(=NCCCn1cccn1)NCCN1C(=O)C2C3C=CC(C3)C2C1=O. The molecule has 0 aromatic carbocycles. The van der Waals surface area contributed by atoms with Gasteiger partial charge in [0.1, 0.15) is 0 Å². The Labute approximate surface area is 165 Å². The molecule has 4 atom stereocenters. The van der Waals surface area contributed by atoms with Crippen LogP contribution in [0.15, 0.2) is 35.6 Å². The van der Waals surface area contributed by atoms with Gasteiger partial charge in [-0.2, -0.15) is 5.10 Å². The van der Waals surface area contributed by atoms with Crippen molar-refractivity contribution >= 4 is 17.8 Å². The molecule has 4 rings (SSSR count). The quantitative estimate of drug-likeness (QED) is 0.226. The minimum atomic E-state index is -0.119. The number of nitrogens with one attached hydrogen (secondary N) is 2. The number of allylic oxidation sites excluding steroid dienone is 2. The second-order valence-electron chi connectivity index (χ2n) is 7.64. The van der Waals surface area contributed by atoms with Crippen LogP contribution in [0.4, 0.5) is 0 Å². The Morgan fingerprint density at radius 2 is 1.93 bits per heavy atom. The first-order chi connectivity index (χ1) is 13.7.